The van der Waals surface area contributed by atoms with Crippen molar-refractivity contribution in [1.29, 1.82) is 0 Å². The Labute approximate surface area is 127 Å². The fourth-order valence-electron chi connectivity index (χ4n) is 3.03. The number of para-hydroxylation sites is 1. The fourth-order valence-corrected chi connectivity index (χ4v) is 3.03. The van der Waals surface area contributed by atoms with Crippen LogP contribution in [0.5, 0.6) is 0 Å². The van der Waals surface area contributed by atoms with Crippen LogP contribution in [0.2, 0.25) is 0 Å². The molecule has 0 bridgehead atoms. The Bertz CT molecular complexity index is 609. The molecule has 0 saturated heterocycles. The Hall–Kier alpha value is -1.87. The number of hydrogen-bond acceptors (Lipinski definition) is 3. The van der Waals surface area contributed by atoms with E-state index in [-0.39, 0.29) is 0 Å². The molecule has 0 amide bonds. The number of benzene rings is 1. The molecular formula is C18H23N3. The quantitative estimate of drug-likeness (QED) is 0.910. The number of aromatic nitrogens is 1. The molecule has 1 aromatic carbocycles. The summed E-state index contributed by atoms with van der Waals surface area (Å²) in [5, 5.41) is 3.50. The first-order chi connectivity index (χ1) is 10.2. The zero-order valence-corrected chi connectivity index (χ0v) is 12.8. The van der Waals surface area contributed by atoms with E-state index in [4.69, 9.17) is 0 Å². The molecule has 3 nitrogen and oxygen atoms in total. The summed E-state index contributed by atoms with van der Waals surface area (Å²) >= 11 is 0. The molecule has 0 radical (unpaired) electrons. The van der Waals surface area contributed by atoms with Gasteiger partial charge in [0.1, 0.15) is 0 Å². The SMILES string of the molecule is Cc1cccc(CN(C)CCC2CNc3ccccc32)n1. The molecule has 1 N–H and O–H groups in total. The summed E-state index contributed by atoms with van der Waals surface area (Å²) in [6.07, 6.45) is 1.19. The summed E-state index contributed by atoms with van der Waals surface area (Å²) in [5.74, 6) is 0.633. The molecule has 1 aliphatic heterocycles. The molecule has 110 valence electrons. The molecule has 3 rings (SSSR count). The van der Waals surface area contributed by atoms with Crippen molar-refractivity contribution in [1.82, 2.24) is 9.88 Å². The molecule has 0 spiro atoms. The standard InChI is InChI=1S/C18H23N3/c1-14-6-5-7-16(20-14)13-21(2)11-10-15-12-19-18-9-4-3-8-17(15)18/h3-9,15,19H,10-13H2,1-2H3. The van der Waals surface area contributed by atoms with Gasteiger partial charge in [0.25, 0.3) is 0 Å². The average Bonchev–Trinajstić information content (AvgIpc) is 2.88. The molecule has 2 heterocycles. The van der Waals surface area contributed by atoms with Crippen molar-refractivity contribution >= 4 is 5.69 Å². The number of nitrogens with one attached hydrogen (secondary N) is 1. The highest BCUT2D eigenvalue weighted by atomic mass is 15.1. The van der Waals surface area contributed by atoms with Gasteiger partial charge in [-0.25, -0.2) is 0 Å². The first kappa shape index (κ1) is 14.1. The highest BCUT2D eigenvalue weighted by Gasteiger charge is 2.21. The number of anilines is 1. The van der Waals surface area contributed by atoms with Gasteiger partial charge in [-0.1, -0.05) is 24.3 Å². The van der Waals surface area contributed by atoms with Crippen molar-refractivity contribution in [2.45, 2.75) is 25.8 Å². The van der Waals surface area contributed by atoms with Crippen LogP contribution in [0.4, 0.5) is 5.69 Å². The molecule has 1 aliphatic rings. The van der Waals surface area contributed by atoms with E-state index in [1.807, 2.05) is 13.0 Å². The van der Waals surface area contributed by atoms with Crippen LogP contribution >= 0.6 is 0 Å². The maximum absolute atomic E-state index is 4.57. The van der Waals surface area contributed by atoms with Gasteiger partial charge in [0, 0.05) is 30.4 Å². The predicted octanol–water partition coefficient (Wildman–Crippen LogP) is 3.42. The highest BCUT2D eigenvalue weighted by molar-refractivity contribution is 5.57. The molecule has 0 fully saturated rings. The largest absolute Gasteiger partial charge is 0.384 e. The van der Waals surface area contributed by atoms with Crippen LogP contribution in [-0.4, -0.2) is 30.0 Å². The predicted molar refractivity (Wildman–Crippen MR) is 87.6 cm³/mol. The number of pyridine rings is 1. The molecule has 0 aliphatic carbocycles. The first-order valence-electron chi connectivity index (χ1n) is 7.66. The zero-order valence-electron chi connectivity index (χ0n) is 12.8. The van der Waals surface area contributed by atoms with Gasteiger partial charge >= 0.3 is 0 Å². The third-order valence-corrected chi connectivity index (χ3v) is 4.18. The second-order valence-electron chi connectivity index (χ2n) is 5.96. The van der Waals surface area contributed by atoms with Gasteiger partial charge in [0.2, 0.25) is 0 Å². The lowest BCUT2D eigenvalue weighted by molar-refractivity contribution is 0.309. The second-order valence-corrected chi connectivity index (χ2v) is 5.96. The molecule has 1 atom stereocenters. The molecule has 1 aromatic heterocycles. The van der Waals surface area contributed by atoms with Crippen molar-refractivity contribution in [3.63, 3.8) is 0 Å². The second kappa shape index (κ2) is 6.27. The lowest BCUT2D eigenvalue weighted by atomic mass is 9.98. The van der Waals surface area contributed by atoms with E-state index in [0.29, 0.717) is 5.92 Å². The summed E-state index contributed by atoms with van der Waals surface area (Å²) in [7, 11) is 2.18. The van der Waals surface area contributed by atoms with E-state index >= 15 is 0 Å². The van der Waals surface area contributed by atoms with E-state index in [2.05, 4.69) is 58.6 Å². The van der Waals surface area contributed by atoms with Gasteiger partial charge in [-0.3, -0.25) is 4.98 Å². The third kappa shape index (κ3) is 3.42. The van der Waals surface area contributed by atoms with Gasteiger partial charge in [0.15, 0.2) is 0 Å². The molecule has 21 heavy (non-hydrogen) atoms. The number of nitrogens with zero attached hydrogens (tertiary/aromatic N) is 2. The Balaban J connectivity index is 1.54. The van der Waals surface area contributed by atoms with E-state index in [1.54, 1.807) is 0 Å². The zero-order chi connectivity index (χ0) is 14.7. The Morgan fingerprint density at radius 1 is 1.19 bits per heavy atom. The van der Waals surface area contributed by atoms with Crippen molar-refractivity contribution in [2.75, 3.05) is 25.5 Å². The van der Waals surface area contributed by atoms with Gasteiger partial charge in [-0.2, -0.15) is 0 Å². The van der Waals surface area contributed by atoms with Crippen molar-refractivity contribution in [3.05, 3.63) is 59.4 Å². The van der Waals surface area contributed by atoms with Crippen LogP contribution < -0.4 is 5.32 Å². The maximum atomic E-state index is 4.57. The number of rotatable bonds is 5. The summed E-state index contributed by atoms with van der Waals surface area (Å²) < 4.78 is 0. The molecule has 3 heteroatoms. The van der Waals surface area contributed by atoms with Crippen LogP contribution in [0.3, 0.4) is 0 Å². The lowest BCUT2D eigenvalue weighted by Gasteiger charge is -2.19. The van der Waals surface area contributed by atoms with E-state index in [1.165, 1.54) is 17.7 Å². The summed E-state index contributed by atoms with van der Waals surface area (Å²) in [5.41, 5.74) is 5.03. The van der Waals surface area contributed by atoms with Crippen LogP contribution in [0.15, 0.2) is 42.5 Å². The lowest BCUT2D eigenvalue weighted by Crippen LogP contribution is -2.22. The Kier molecular flexibility index (Phi) is 4.20. The smallest absolute Gasteiger partial charge is 0.0547 e. The van der Waals surface area contributed by atoms with Crippen LogP contribution in [0.25, 0.3) is 0 Å². The third-order valence-electron chi connectivity index (χ3n) is 4.18. The van der Waals surface area contributed by atoms with Gasteiger partial charge < -0.3 is 10.2 Å². The van der Waals surface area contributed by atoms with Gasteiger partial charge in [-0.15, -0.1) is 0 Å². The molecule has 1 unspecified atom stereocenters. The molecular weight excluding hydrogens is 258 g/mol. The van der Waals surface area contributed by atoms with Crippen LogP contribution in [0.1, 0.15) is 29.3 Å². The minimum atomic E-state index is 0.633. The molecule has 0 saturated carbocycles. The van der Waals surface area contributed by atoms with Gasteiger partial charge in [-0.05, 0) is 50.7 Å². The summed E-state index contributed by atoms with van der Waals surface area (Å²) in [6.45, 7) is 5.13. The maximum Gasteiger partial charge on any atom is 0.0547 e. The summed E-state index contributed by atoms with van der Waals surface area (Å²) in [4.78, 5) is 6.94. The van der Waals surface area contributed by atoms with Crippen molar-refractivity contribution in [2.24, 2.45) is 0 Å². The van der Waals surface area contributed by atoms with E-state index in [0.717, 1.165) is 31.0 Å². The fraction of sp³-hybridized carbons (Fsp3) is 0.389. The minimum Gasteiger partial charge on any atom is -0.384 e. The highest BCUT2D eigenvalue weighted by Crippen LogP contribution is 2.33. The van der Waals surface area contributed by atoms with Crippen molar-refractivity contribution in [3.8, 4) is 0 Å². The molecule has 2 aromatic rings. The number of aryl methyl sites for hydroxylation is 1. The number of fused-ring (bicyclic) bond motifs is 1. The Morgan fingerprint density at radius 2 is 2.05 bits per heavy atom. The van der Waals surface area contributed by atoms with E-state index < -0.39 is 0 Å². The summed E-state index contributed by atoms with van der Waals surface area (Å²) in [6, 6.07) is 14.9. The monoisotopic (exact) mass is 281 g/mol. The van der Waals surface area contributed by atoms with E-state index in [9.17, 15) is 0 Å². The topological polar surface area (TPSA) is 28.2 Å². The number of hydrogen-bond donors (Lipinski definition) is 1. The van der Waals surface area contributed by atoms with Crippen molar-refractivity contribution < 1.29 is 0 Å². The Morgan fingerprint density at radius 3 is 2.90 bits per heavy atom. The van der Waals surface area contributed by atoms with Crippen LogP contribution in [0, 0.1) is 6.92 Å². The normalized spacial score (nSPS) is 16.8. The first-order valence-corrected chi connectivity index (χ1v) is 7.66. The minimum absolute atomic E-state index is 0.633. The van der Waals surface area contributed by atoms with Crippen LogP contribution in [-0.2, 0) is 6.54 Å². The average molecular weight is 281 g/mol. The van der Waals surface area contributed by atoms with Gasteiger partial charge in [0.05, 0.1) is 5.69 Å².